The maximum Gasteiger partial charge on any atom is 0.271 e. The van der Waals surface area contributed by atoms with Gasteiger partial charge in [-0.15, -0.1) is 0 Å². The Labute approximate surface area is 197 Å². The highest BCUT2D eigenvalue weighted by atomic mass is 32.2. The second-order valence-electron chi connectivity index (χ2n) is 6.75. The molecule has 0 spiro atoms. The van der Waals surface area contributed by atoms with Crippen LogP contribution in [0.4, 0.5) is 5.69 Å². The molecule has 34 heavy (non-hydrogen) atoms. The van der Waals surface area contributed by atoms with Crippen LogP contribution in [0.3, 0.4) is 0 Å². The van der Waals surface area contributed by atoms with E-state index in [4.69, 9.17) is 9.15 Å². The number of nitro groups is 1. The molecule has 0 aliphatic rings. The van der Waals surface area contributed by atoms with Gasteiger partial charge in [0.2, 0.25) is 0 Å². The van der Waals surface area contributed by atoms with Crippen LogP contribution in [0.1, 0.15) is 11.1 Å². The lowest BCUT2D eigenvalue weighted by Crippen LogP contribution is -2.19. The van der Waals surface area contributed by atoms with Gasteiger partial charge in [-0.1, -0.05) is 36.0 Å². The number of nitrogens with zero attached hydrogens (tertiary/aromatic N) is 4. The molecule has 1 heterocycles. The van der Waals surface area contributed by atoms with Gasteiger partial charge >= 0.3 is 0 Å². The molecular weight excluding hydrogens is 458 g/mol. The molecule has 3 aromatic carbocycles. The second kappa shape index (κ2) is 10.3. The van der Waals surface area contributed by atoms with E-state index < -0.39 is 4.92 Å². The number of thioether (sulfide) groups is 1. The molecule has 1 N–H and O–H groups in total. The van der Waals surface area contributed by atoms with E-state index in [1.165, 1.54) is 18.3 Å². The molecule has 4 aromatic rings. The number of oxazole rings is 1. The van der Waals surface area contributed by atoms with Gasteiger partial charge in [-0.3, -0.25) is 14.9 Å². The highest BCUT2D eigenvalue weighted by molar-refractivity contribution is 7.99. The first-order valence-corrected chi connectivity index (χ1v) is 10.8. The lowest BCUT2D eigenvalue weighted by atomic mass is 10.2. The third-order valence-corrected chi connectivity index (χ3v) is 5.21. The Balaban J connectivity index is 1.34. The lowest BCUT2D eigenvalue weighted by Gasteiger charge is -2.07. The van der Waals surface area contributed by atoms with Crippen LogP contribution >= 0.6 is 11.8 Å². The van der Waals surface area contributed by atoms with Crippen molar-refractivity contribution in [2.75, 3.05) is 5.75 Å². The van der Waals surface area contributed by atoms with Crippen LogP contribution < -0.4 is 10.2 Å². The molecule has 0 bridgehead atoms. The van der Waals surface area contributed by atoms with Crippen LogP contribution in [0.5, 0.6) is 11.5 Å². The van der Waals surface area contributed by atoms with Crippen LogP contribution in [0.25, 0.3) is 11.1 Å². The van der Waals surface area contributed by atoms with Crippen LogP contribution in [-0.4, -0.2) is 27.8 Å². The molecule has 0 saturated heterocycles. The number of nitriles is 1. The molecule has 4 rings (SSSR count). The molecule has 0 atom stereocenters. The highest BCUT2D eigenvalue weighted by Crippen LogP contribution is 2.28. The van der Waals surface area contributed by atoms with Gasteiger partial charge in [0.05, 0.1) is 16.9 Å². The molecule has 0 aliphatic heterocycles. The summed E-state index contributed by atoms with van der Waals surface area (Å²) in [5.74, 6) is 0.323. The quantitative estimate of drug-likeness (QED) is 0.169. The smallest absolute Gasteiger partial charge is 0.271 e. The van der Waals surface area contributed by atoms with E-state index in [0.717, 1.165) is 23.3 Å². The number of rotatable bonds is 8. The van der Waals surface area contributed by atoms with Gasteiger partial charge in [0, 0.05) is 12.1 Å². The number of non-ortho nitro benzene ring substituents is 1. The van der Waals surface area contributed by atoms with Crippen molar-refractivity contribution in [1.29, 1.82) is 5.26 Å². The Kier molecular flexibility index (Phi) is 6.81. The Hall–Kier alpha value is -4.69. The summed E-state index contributed by atoms with van der Waals surface area (Å²) in [4.78, 5) is 26.7. The van der Waals surface area contributed by atoms with Crippen molar-refractivity contribution in [2.45, 2.75) is 5.22 Å². The fourth-order valence-corrected chi connectivity index (χ4v) is 3.48. The van der Waals surface area contributed by atoms with Crippen molar-refractivity contribution < 1.29 is 18.9 Å². The number of hydrazone groups is 1. The van der Waals surface area contributed by atoms with Gasteiger partial charge in [-0.2, -0.15) is 10.4 Å². The third kappa shape index (κ3) is 5.56. The Morgan fingerprint density at radius 3 is 2.88 bits per heavy atom. The minimum atomic E-state index is -0.582. The van der Waals surface area contributed by atoms with Crippen molar-refractivity contribution in [2.24, 2.45) is 5.10 Å². The first-order valence-electron chi connectivity index (χ1n) is 9.78. The molecule has 0 fully saturated rings. The predicted molar refractivity (Wildman–Crippen MR) is 125 cm³/mol. The van der Waals surface area contributed by atoms with Crippen molar-refractivity contribution in [1.82, 2.24) is 10.4 Å². The summed E-state index contributed by atoms with van der Waals surface area (Å²) in [5.41, 5.74) is 4.28. The van der Waals surface area contributed by atoms with E-state index in [1.807, 2.05) is 24.3 Å². The Morgan fingerprint density at radius 1 is 1.24 bits per heavy atom. The third-order valence-electron chi connectivity index (χ3n) is 4.38. The number of fused-ring (bicyclic) bond motifs is 1. The van der Waals surface area contributed by atoms with E-state index in [1.54, 1.807) is 30.3 Å². The number of para-hydroxylation sites is 2. The molecular formula is C23H15N5O5S. The summed E-state index contributed by atoms with van der Waals surface area (Å²) in [6.45, 7) is 0. The summed E-state index contributed by atoms with van der Waals surface area (Å²) in [6, 6.07) is 19.8. The maximum absolute atomic E-state index is 12.1. The average Bonchev–Trinajstić information content (AvgIpc) is 3.26. The zero-order chi connectivity index (χ0) is 23.9. The molecule has 0 saturated carbocycles. The summed E-state index contributed by atoms with van der Waals surface area (Å²) in [6.07, 6.45) is 1.44. The number of carbonyl (C=O) groups is 1. The monoisotopic (exact) mass is 473 g/mol. The van der Waals surface area contributed by atoms with Gasteiger partial charge in [0.1, 0.15) is 28.6 Å². The molecule has 11 heteroatoms. The van der Waals surface area contributed by atoms with Crippen LogP contribution in [0.15, 0.2) is 81.5 Å². The molecule has 0 unspecified atom stereocenters. The molecule has 1 amide bonds. The van der Waals surface area contributed by atoms with Crippen molar-refractivity contribution in [3.8, 4) is 17.6 Å². The maximum atomic E-state index is 12.1. The first kappa shape index (κ1) is 22.5. The average molecular weight is 473 g/mol. The Bertz CT molecular complexity index is 1410. The number of ether oxygens (including phenoxy) is 1. The summed E-state index contributed by atoms with van der Waals surface area (Å²) >= 11 is 1.16. The van der Waals surface area contributed by atoms with E-state index in [0.29, 0.717) is 22.1 Å². The second-order valence-corrected chi connectivity index (χ2v) is 7.68. The van der Waals surface area contributed by atoms with Crippen molar-refractivity contribution >= 4 is 40.7 Å². The topological polar surface area (TPSA) is 144 Å². The number of hydrogen-bond donors (Lipinski definition) is 1. The zero-order valence-corrected chi connectivity index (χ0v) is 18.2. The molecule has 0 radical (unpaired) electrons. The van der Waals surface area contributed by atoms with Gasteiger partial charge < -0.3 is 9.15 Å². The fraction of sp³-hybridized carbons (Fsp3) is 0.0435. The van der Waals surface area contributed by atoms with Crippen LogP contribution in [0, 0.1) is 21.4 Å². The first-order chi connectivity index (χ1) is 16.5. The molecule has 168 valence electrons. The van der Waals surface area contributed by atoms with E-state index in [9.17, 15) is 20.2 Å². The summed E-state index contributed by atoms with van der Waals surface area (Å²) < 4.78 is 11.3. The normalized spacial score (nSPS) is 10.8. The highest BCUT2D eigenvalue weighted by Gasteiger charge is 2.12. The van der Waals surface area contributed by atoms with Crippen molar-refractivity contribution in [3.05, 3.63) is 88.0 Å². The number of aromatic nitrogens is 1. The van der Waals surface area contributed by atoms with Gasteiger partial charge in [-0.25, -0.2) is 10.4 Å². The number of nitrogens with one attached hydrogen (secondary N) is 1. The fourth-order valence-electron chi connectivity index (χ4n) is 2.84. The van der Waals surface area contributed by atoms with Crippen LogP contribution in [-0.2, 0) is 4.79 Å². The number of hydrogen-bond acceptors (Lipinski definition) is 9. The summed E-state index contributed by atoms with van der Waals surface area (Å²) in [7, 11) is 0. The van der Waals surface area contributed by atoms with E-state index >= 15 is 0 Å². The van der Waals surface area contributed by atoms with Gasteiger partial charge in [0.15, 0.2) is 5.58 Å². The molecule has 10 nitrogen and oxygen atoms in total. The SMILES string of the molecule is N#Cc1cc([N+](=O)[O-])ccc1Oc1cccc(/C=N\NC(=O)CSc2nc3ccccc3o2)c1. The van der Waals surface area contributed by atoms with Crippen LogP contribution in [0.2, 0.25) is 0 Å². The predicted octanol–water partition coefficient (Wildman–Crippen LogP) is 4.64. The van der Waals surface area contributed by atoms with E-state index in [-0.39, 0.29) is 28.7 Å². The number of nitro benzene ring substituents is 1. The molecule has 0 aliphatic carbocycles. The summed E-state index contributed by atoms with van der Waals surface area (Å²) in [5, 5.41) is 24.5. The minimum Gasteiger partial charge on any atom is -0.456 e. The van der Waals surface area contributed by atoms with Gasteiger partial charge in [-0.05, 0) is 35.9 Å². The Morgan fingerprint density at radius 2 is 2.09 bits per heavy atom. The van der Waals surface area contributed by atoms with E-state index in [2.05, 4.69) is 15.5 Å². The number of amides is 1. The molecule has 1 aromatic heterocycles. The zero-order valence-electron chi connectivity index (χ0n) is 17.4. The van der Waals surface area contributed by atoms with Crippen molar-refractivity contribution in [3.63, 3.8) is 0 Å². The largest absolute Gasteiger partial charge is 0.456 e. The van der Waals surface area contributed by atoms with Gasteiger partial charge in [0.25, 0.3) is 16.8 Å². The number of carbonyl (C=O) groups excluding carboxylic acids is 1. The standard InChI is InChI=1S/C23H15N5O5S/c24-12-16-11-17(28(30)31)8-9-20(16)32-18-5-3-4-15(10-18)13-25-27-22(29)14-34-23-26-19-6-1-2-7-21(19)33-23/h1-11,13H,14H2,(H,27,29)/b25-13-. The lowest BCUT2D eigenvalue weighted by molar-refractivity contribution is -0.384. The number of benzene rings is 3. The minimum absolute atomic E-state index is 0.0389.